The van der Waals surface area contributed by atoms with Gasteiger partial charge in [0.2, 0.25) is 0 Å². The second-order valence-corrected chi connectivity index (χ2v) is 2.56. The molecule has 0 aromatic heterocycles. The molecule has 1 heteroatoms. The average molecular weight is 257 g/mol. The number of rotatable bonds is 0. The molecular formula is C13H12Y-2. The first-order valence-electron chi connectivity index (χ1n) is 4.17. The van der Waals surface area contributed by atoms with Crippen molar-refractivity contribution in [3.8, 4) is 0 Å². The van der Waals surface area contributed by atoms with Crippen molar-refractivity contribution in [2.24, 2.45) is 0 Å². The van der Waals surface area contributed by atoms with Gasteiger partial charge in [0.1, 0.15) is 0 Å². The molecule has 0 bridgehead atoms. The van der Waals surface area contributed by atoms with Crippen molar-refractivity contribution in [2.45, 2.75) is 0 Å². The first-order chi connectivity index (χ1) is 6.39. The molecule has 0 amide bonds. The van der Waals surface area contributed by atoms with Crippen molar-refractivity contribution in [1.29, 1.82) is 0 Å². The topological polar surface area (TPSA) is 0 Å². The zero-order valence-electron chi connectivity index (χ0n) is 8.06. The van der Waals surface area contributed by atoms with Crippen LogP contribution >= 0.6 is 0 Å². The largest absolute Gasteiger partial charge is 0.199 e. The molecule has 1 radical (unpaired) electrons. The van der Waals surface area contributed by atoms with E-state index in [1.54, 1.807) is 0 Å². The molecule has 14 heavy (non-hydrogen) atoms. The van der Waals surface area contributed by atoms with E-state index in [0.29, 0.717) is 0 Å². The quantitative estimate of drug-likeness (QED) is 0.635. The second-order valence-electron chi connectivity index (χ2n) is 2.56. The van der Waals surface area contributed by atoms with Gasteiger partial charge in [-0.3, -0.25) is 0 Å². The fraction of sp³-hybridized carbons (Fsp3) is 0. The molecule has 2 rings (SSSR count). The van der Waals surface area contributed by atoms with E-state index in [4.69, 9.17) is 0 Å². The van der Waals surface area contributed by atoms with Gasteiger partial charge in [-0.25, -0.2) is 0 Å². The Morgan fingerprint density at radius 2 is 1.29 bits per heavy atom. The van der Waals surface area contributed by atoms with Gasteiger partial charge in [0.15, 0.2) is 0 Å². The van der Waals surface area contributed by atoms with E-state index >= 15 is 0 Å². The van der Waals surface area contributed by atoms with Crippen LogP contribution in [0.5, 0.6) is 0 Å². The zero-order valence-corrected chi connectivity index (χ0v) is 10.9. The van der Waals surface area contributed by atoms with Crippen LogP contribution in [0.2, 0.25) is 0 Å². The smallest absolute Gasteiger partial charge is 0 e. The van der Waals surface area contributed by atoms with E-state index in [1.807, 2.05) is 60.7 Å². The van der Waals surface area contributed by atoms with E-state index in [2.05, 4.69) is 13.0 Å². The molecule has 2 aromatic carbocycles. The summed E-state index contributed by atoms with van der Waals surface area (Å²) in [5, 5.41) is 0. The number of benzene rings is 2. The molecule has 0 N–H and O–H groups in total. The summed E-state index contributed by atoms with van der Waals surface area (Å²) < 4.78 is 0. The Kier molecular flexibility index (Phi) is 8.61. The van der Waals surface area contributed by atoms with Crippen molar-refractivity contribution in [3.05, 3.63) is 79.2 Å². The van der Waals surface area contributed by atoms with Crippen molar-refractivity contribution in [2.75, 3.05) is 0 Å². The molecule has 0 aliphatic heterocycles. The predicted molar refractivity (Wildman–Crippen MR) is 56.2 cm³/mol. The summed E-state index contributed by atoms with van der Waals surface area (Å²) in [7, 11) is 0. The number of hydrogen-bond acceptors (Lipinski definition) is 0. The van der Waals surface area contributed by atoms with Crippen LogP contribution in [-0.4, -0.2) is 0 Å². The van der Waals surface area contributed by atoms with Crippen LogP contribution in [0.3, 0.4) is 0 Å². The summed E-state index contributed by atoms with van der Waals surface area (Å²) in [4.78, 5) is 0. The summed E-state index contributed by atoms with van der Waals surface area (Å²) in [6.07, 6.45) is 0. The molecule has 0 spiro atoms. The van der Waals surface area contributed by atoms with Gasteiger partial charge in [-0.1, -0.05) is 6.07 Å². The minimum absolute atomic E-state index is 0. The normalized spacial score (nSPS) is 7.71. The van der Waals surface area contributed by atoms with Gasteiger partial charge < -0.3 is 0 Å². The molecule has 0 aliphatic carbocycles. The van der Waals surface area contributed by atoms with Crippen molar-refractivity contribution in [3.63, 3.8) is 0 Å². The maximum Gasteiger partial charge on any atom is 0 e. The maximum atomic E-state index is 3.72. The van der Waals surface area contributed by atoms with Gasteiger partial charge in [-0.15, -0.1) is 12.1 Å². The minimum atomic E-state index is 0. The minimum Gasteiger partial charge on any atom is -0.199 e. The van der Waals surface area contributed by atoms with E-state index < -0.39 is 0 Å². The third kappa shape index (κ3) is 6.88. The fourth-order valence-corrected chi connectivity index (χ4v) is 0.820. The Hall–Kier alpha value is -0.586. The van der Waals surface area contributed by atoms with E-state index in [9.17, 15) is 0 Å². The monoisotopic (exact) mass is 257 g/mol. The van der Waals surface area contributed by atoms with Gasteiger partial charge in [-0.2, -0.15) is 61.0 Å². The van der Waals surface area contributed by atoms with Gasteiger partial charge in [0, 0.05) is 32.7 Å². The second kappa shape index (κ2) is 8.99. The molecule has 0 aliphatic rings. The van der Waals surface area contributed by atoms with Gasteiger partial charge in [0.25, 0.3) is 0 Å². The van der Waals surface area contributed by atoms with E-state index in [-0.39, 0.29) is 32.7 Å². The van der Waals surface area contributed by atoms with Crippen LogP contribution < -0.4 is 0 Å². The fourth-order valence-electron chi connectivity index (χ4n) is 0.820. The summed E-state index contributed by atoms with van der Waals surface area (Å²) >= 11 is 0. The molecule has 0 unspecified atom stereocenters. The molecular weight excluding hydrogens is 245 g/mol. The van der Waals surface area contributed by atoms with Crippen LogP contribution in [0.4, 0.5) is 0 Å². The zero-order chi connectivity index (χ0) is 9.36. The molecule has 0 fully saturated rings. The molecule has 0 saturated carbocycles. The predicted octanol–water partition coefficient (Wildman–Crippen LogP) is 3.35. The third-order valence-corrected chi connectivity index (χ3v) is 1.45. The first kappa shape index (κ1) is 13.4. The average Bonchev–Trinajstić information content (AvgIpc) is 2.22. The molecule has 0 nitrogen and oxygen atoms in total. The molecule has 0 saturated heterocycles. The summed E-state index contributed by atoms with van der Waals surface area (Å²) in [6, 6.07) is 22.4. The summed E-state index contributed by atoms with van der Waals surface area (Å²) in [5.74, 6) is 0. The Balaban J connectivity index is 0.000000227. The van der Waals surface area contributed by atoms with Crippen LogP contribution in [-0.2, 0) is 32.7 Å². The van der Waals surface area contributed by atoms with Gasteiger partial charge >= 0.3 is 0 Å². The Morgan fingerprint density at radius 3 is 1.50 bits per heavy atom. The van der Waals surface area contributed by atoms with Crippen molar-refractivity contribution >= 4 is 0 Å². The Labute approximate surface area is 111 Å². The molecule has 0 heterocycles. The van der Waals surface area contributed by atoms with Crippen molar-refractivity contribution in [1.82, 2.24) is 0 Å². The van der Waals surface area contributed by atoms with Gasteiger partial charge in [0.05, 0.1) is 0 Å². The van der Waals surface area contributed by atoms with E-state index in [1.165, 1.54) is 0 Å². The Bertz CT molecular complexity index is 276. The van der Waals surface area contributed by atoms with Gasteiger partial charge in [-0.05, 0) is 0 Å². The SMILES string of the molecule is [CH2-]c1ccccc1.[Y].[c-]1ccccc1. The molecule has 2 aromatic rings. The Morgan fingerprint density at radius 1 is 0.786 bits per heavy atom. The van der Waals surface area contributed by atoms with Crippen molar-refractivity contribution < 1.29 is 32.7 Å². The molecule has 69 valence electrons. The van der Waals surface area contributed by atoms with Crippen LogP contribution in [0, 0.1) is 13.0 Å². The van der Waals surface area contributed by atoms with Crippen LogP contribution in [0.1, 0.15) is 5.56 Å². The third-order valence-electron chi connectivity index (χ3n) is 1.45. The maximum absolute atomic E-state index is 3.72. The van der Waals surface area contributed by atoms with E-state index in [0.717, 1.165) is 5.56 Å². The molecule has 0 atom stereocenters. The van der Waals surface area contributed by atoms with Crippen LogP contribution in [0.25, 0.3) is 0 Å². The van der Waals surface area contributed by atoms with Crippen LogP contribution in [0.15, 0.2) is 60.7 Å². The number of hydrogen-bond donors (Lipinski definition) is 0. The first-order valence-corrected chi connectivity index (χ1v) is 4.17. The summed E-state index contributed by atoms with van der Waals surface area (Å²) in [6.45, 7) is 3.72. The standard InChI is InChI=1S/C7H7.C6H5.Y/c1-7-5-3-2-4-6-7;1-2-4-6-5-3-1;/h2-6H,1H2;1-5H;/q2*-1;. The summed E-state index contributed by atoms with van der Waals surface area (Å²) in [5.41, 5.74) is 1.07.